The van der Waals surface area contributed by atoms with Gasteiger partial charge in [-0.3, -0.25) is 0 Å². The second kappa shape index (κ2) is 14.7. The number of aromatic amines is 1. The summed E-state index contributed by atoms with van der Waals surface area (Å²) >= 11 is 0. The van der Waals surface area contributed by atoms with E-state index in [4.69, 9.17) is 0 Å². The van der Waals surface area contributed by atoms with Gasteiger partial charge in [-0.1, -0.05) is 82.7 Å². The first kappa shape index (κ1) is 33.1. The van der Waals surface area contributed by atoms with Gasteiger partial charge in [0.05, 0.1) is 28.2 Å². The zero-order valence-electron chi connectivity index (χ0n) is 25.4. The number of hydrogen-bond donors (Lipinski definition) is 1. The fourth-order valence-electron chi connectivity index (χ4n) is 4.88. The fraction of sp³-hybridized carbons (Fsp3) is 0.314. The van der Waals surface area contributed by atoms with E-state index < -0.39 is 17.6 Å². The highest BCUT2D eigenvalue weighted by Crippen LogP contribution is 2.36. The molecule has 0 aliphatic carbocycles. The van der Waals surface area contributed by atoms with E-state index in [0.717, 1.165) is 71.6 Å². The van der Waals surface area contributed by atoms with E-state index in [1.54, 1.807) is 6.07 Å². The lowest BCUT2D eigenvalue weighted by molar-refractivity contribution is -0.139. The molecule has 0 bridgehead atoms. The van der Waals surface area contributed by atoms with Crippen molar-refractivity contribution >= 4 is 16.6 Å². The molecule has 8 heteroatoms. The van der Waals surface area contributed by atoms with Crippen LogP contribution in [0.3, 0.4) is 0 Å². The molecule has 5 rings (SSSR count). The number of nitrogens with zero attached hydrogens (tertiary/aromatic N) is 3. The summed E-state index contributed by atoms with van der Waals surface area (Å²) in [7, 11) is 0. The molecule has 1 fully saturated rings. The number of halogens is 4. The number of piperidine rings is 1. The minimum absolute atomic E-state index is 0.121. The van der Waals surface area contributed by atoms with E-state index in [2.05, 4.69) is 41.4 Å². The van der Waals surface area contributed by atoms with Crippen LogP contribution in [0.5, 0.6) is 0 Å². The number of benzene rings is 3. The Hall–Kier alpha value is -4.38. The molecule has 0 amide bonds. The van der Waals surface area contributed by atoms with Gasteiger partial charge in [-0.05, 0) is 54.7 Å². The Labute approximate surface area is 251 Å². The normalized spacial score (nSPS) is 12.9. The molecule has 43 heavy (non-hydrogen) atoms. The molecule has 0 atom stereocenters. The molecule has 1 aromatic heterocycles. The summed E-state index contributed by atoms with van der Waals surface area (Å²) in [5, 5.41) is 9.23. The Morgan fingerprint density at radius 2 is 1.63 bits per heavy atom. The predicted molar refractivity (Wildman–Crippen MR) is 167 cm³/mol. The molecule has 0 saturated carbocycles. The number of alkyl halides is 3. The van der Waals surface area contributed by atoms with Crippen molar-refractivity contribution < 1.29 is 17.6 Å². The quantitative estimate of drug-likeness (QED) is 0.241. The first-order valence-corrected chi connectivity index (χ1v) is 14.6. The molecule has 226 valence electrons. The largest absolute Gasteiger partial charge is 0.419 e. The van der Waals surface area contributed by atoms with E-state index in [1.807, 2.05) is 63.2 Å². The molecule has 1 aliphatic heterocycles. The number of nitrogens with one attached hydrogen (secondary N) is 1. The average Bonchev–Trinajstić information content (AvgIpc) is 3.40. The van der Waals surface area contributed by atoms with Gasteiger partial charge in [-0.15, -0.1) is 0 Å². The standard InChI is InChI=1S/C30H24F4N4.C3H8.C2H6/c1-18(2)38-12-10-22(11-13-38)28(21-8-6-20(7-9-21)23-5-3-4-19(14-23)17-35)29-36-26-15-24(30(32,33)34)25(31)16-27(26)37-29;1-3-2;1-2/h3-9,14-16H,1,10-13H2,2H3,(H,36,37);3H2,1-2H3;1-2H3. The third-order valence-electron chi connectivity index (χ3n) is 6.87. The van der Waals surface area contributed by atoms with Gasteiger partial charge in [0.1, 0.15) is 11.6 Å². The van der Waals surface area contributed by atoms with Crippen LogP contribution < -0.4 is 0 Å². The van der Waals surface area contributed by atoms with Gasteiger partial charge in [0, 0.05) is 30.4 Å². The third kappa shape index (κ3) is 7.92. The van der Waals surface area contributed by atoms with Crippen molar-refractivity contribution in [3.05, 3.63) is 107 Å². The average molecular weight is 591 g/mol. The van der Waals surface area contributed by atoms with Crippen LogP contribution >= 0.6 is 0 Å². The molecule has 4 aromatic rings. The summed E-state index contributed by atoms with van der Waals surface area (Å²) in [5.74, 6) is -0.951. The fourth-order valence-corrected chi connectivity index (χ4v) is 4.88. The Bertz CT molecular complexity index is 1610. The number of fused-ring (bicyclic) bond motifs is 1. The summed E-state index contributed by atoms with van der Waals surface area (Å²) in [6.45, 7) is 15.8. The first-order valence-electron chi connectivity index (χ1n) is 14.6. The minimum atomic E-state index is -4.81. The van der Waals surface area contributed by atoms with Crippen LogP contribution in [0.25, 0.3) is 27.7 Å². The Morgan fingerprint density at radius 3 is 2.19 bits per heavy atom. The van der Waals surface area contributed by atoms with Crippen molar-refractivity contribution in [3.8, 4) is 17.2 Å². The van der Waals surface area contributed by atoms with Gasteiger partial charge in [0.2, 0.25) is 0 Å². The van der Waals surface area contributed by atoms with Gasteiger partial charge in [-0.2, -0.15) is 18.4 Å². The van der Waals surface area contributed by atoms with Crippen molar-refractivity contribution in [1.82, 2.24) is 14.9 Å². The monoisotopic (exact) mass is 590 g/mol. The van der Waals surface area contributed by atoms with Crippen LogP contribution in [0.1, 0.15) is 76.4 Å². The molecule has 3 aromatic carbocycles. The number of allylic oxidation sites excluding steroid dienone is 1. The van der Waals surface area contributed by atoms with Crippen LogP contribution in [0.2, 0.25) is 0 Å². The van der Waals surface area contributed by atoms with E-state index in [9.17, 15) is 22.8 Å². The van der Waals surface area contributed by atoms with E-state index >= 15 is 0 Å². The van der Waals surface area contributed by atoms with Crippen LogP contribution in [0, 0.1) is 17.1 Å². The zero-order chi connectivity index (χ0) is 31.7. The Kier molecular flexibility index (Phi) is 11.3. The highest BCUT2D eigenvalue weighted by molar-refractivity contribution is 5.86. The summed E-state index contributed by atoms with van der Waals surface area (Å²) in [6.07, 6.45) is -2.10. The van der Waals surface area contributed by atoms with Crippen LogP contribution in [0.15, 0.2) is 78.5 Å². The van der Waals surface area contributed by atoms with E-state index in [0.29, 0.717) is 11.4 Å². The Balaban J connectivity index is 0.000000953. The highest BCUT2D eigenvalue weighted by atomic mass is 19.4. The lowest BCUT2D eigenvalue weighted by Gasteiger charge is -2.31. The van der Waals surface area contributed by atoms with Crippen LogP contribution in [0.4, 0.5) is 17.6 Å². The molecule has 0 spiro atoms. The highest BCUT2D eigenvalue weighted by Gasteiger charge is 2.35. The van der Waals surface area contributed by atoms with Gasteiger partial charge in [-0.25, -0.2) is 9.37 Å². The second-order valence-corrected chi connectivity index (χ2v) is 10.1. The van der Waals surface area contributed by atoms with Crippen molar-refractivity contribution in [2.45, 2.75) is 60.1 Å². The van der Waals surface area contributed by atoms with Gasteiger partial charge in [0.25, 0.3) is 0 Å². The number of H-pyrrole nitrogens is 1. The number of aromatic nitrogens is 2. The second-order valence-electron chi connectivity index (χ2n) is 10.1. The summed E-state index contributed by atoms with van der Waals surface area (Å²) in [6, 6.07) is 18.8. The van der Waals surface area contributed by atoms with Gasteiger partial charge >= 0.3 is 6.18 Å². The molecule has 4 nitrogen and oxygen atoms in total. The molecule has 2 heterocycles. The number of hydrogen-bond acceptors (Lipinski definition) is 3. The molecular formula is C35H38F4N4. The molecule has 0 unspecified atom stereocenters. The smallest absolute Gasteiger partial charge is 0.375 e. The molecular weight excluding hydrogens is 552 g/mol. The SMILES string of the molecule is C=C(C)N1CCC(=C(c2ccc(-c3cccc(C#N)c3)cc2)c2nc3cc(F)c(C(F)(F)F)cc3[nH]2)CC1.CC.CCC. The molecule has 1 aliphatic rings. The molecule has 1 N–H and O–H groups in total. The first-order chi connectivity index (χ1) is 20.5. The maximum Gasteiger partial charge on any atom is 0.419 e. The number of rotatable bonds is 4. The number of imidazole rings is 1. The molecule has 0 radical (unpaired) electrons. The van der Waals surface area contributed by atoms with E-state index in [-0.39, 0.29) is 11.0 Å². The third-order valence-corrected chi connectivity index (χ3v) is 6.87. The van der Waals surface area contributed by atoms with Crippen LogP contribution in [-0.4, -0.2) is 28.0 Å². The summed E-state index contributed by atoms with van der Waals surface area (Å²) in [5.41, 5.74) is 5.05. The van der Waals surface area contributed by atoms with Crippen molar-refractivity contribution in [1.29, 1.82) is 5.26 Å². The number of likely N-dealkylation sites (tertiary alicyclic amines) is 1. The Morgan fingerprint density at radius 1 is 1.00 bits per heavy atom. The lowest BCUT2D eigenvalue weighted by Crippen LogP contribution is -2.29. The summed E-state index contributed by atoms with van der Waals surface area (Å²) in [4.78, 5) is 9.73. The minimum Gasteiger partial charge on any atom is -0.375 e. The maximum absolute atomic E-state index is 14.3. The van der Waals surface area contributed by atoms with Crippen molar-refractivity contribution in [3.63, 3.8) is 0 Å². The van der Waals surface area contributed by atoms with E-state index in [1.165, 1.54) is 6.42 Å². The zero-order valence-corrected chi connectivity index (χ0v) is 25.4. The maximum atomic E-state index is 14.3. The van der Waals surface area contributed by atoms with Gasteiger partial charge < -0.3 is 9.88 Å². The molecule has 1 saturated heterocycles. The number of nitriles is 1. The van der Waals surface area contributed by atoms with Crippen molar-refractivity contribution in [2.24, 2.45) is 0 Å². The predicted octanol–water partition coefficient (Wildman–Crippen LogP) is 10.1. The van der Waals surface area contributed by atoms with Gasteiger partial charge in [0.15, 0.2) is 0 Å². The summed E-state index contributed by atoms with van der Waals surface area (Å²) < 4.78 is 54.2. The van der Waals surface area contributed by atoms with Crippen molar-refractivity contribution in [2.75, 3.05) is 13.1 Å². The lowest BCUT2D eigenvalue weighted by atomic mass is 9.91. The van der Waals surface area contributed by atoms with Crippen LogP contribution in [-0.2, 0) is 6.18 Å². The topological polar surface area (TPSA) is 55.7 Å².